The fraction of sp³-hybridized carbons (Fsp3) is 0.526. The number of aromatic nitrogens is 2. The molecule has 0 N–H and O–H groups in total. The van der Waals surface area contributed by atoms with E-state index < -0.39 is 0 Å². The van der Waals surface area contributed by atoms with Crippen LogP contribution >= 0.6 is 0 Å². The lowest BCUT2D eigenvalue weighted by molar-refractivity contribution is -0.137. The number of piperidine rings is 1. The molecule has 6 heteroatoms. The van der Waals surface area contributed by atoms with E-state index in [9.17, 15) is 4.79 Å². The second-order valence-corrected chi connectivity index (χ2v) is 7.13. The second kappa shape index (κ2) is 6.96. The minimum atomic E-state index is 0.168. The summed E-state index contributed by atoms with van der Waals surface area (Å²) in [6.07, 6.45) is 3.88. The van der Waals surface area contributed by atoms with Gasteiger partial charge in [0.15, 0.2) is 5.82 Å². The topological polar surface area (TPSA) is 68.5 Å². The molecule has 1 atom stereocenters. The van der Waals surface area contributed by atoms with Gasteiger partial charge in [-0.3, -0.25) is 4.79 Å². The summed E-state index contributed by atoms with van der Waals surface area (Å²) in [6, 6.07) is 10.1. The fourth-order valence-electron chi connectivity index (χ4n) is 3.75. The molecule has 0 unspecified atom stereocenters. The summed E-state index contributed by atoms with van der Waals surface area (Å²) >= 11 is 0. The highest BCUT2D eigenvalue weighted by atomic mass is 16.5. The van der Waals surface area contributed by atoms with E-state index in [1.54, 1.807) is 0 Å². The van der Waals surface area contributed by atoms with E-state index in [0.717, 1.165) is 38.2 Å². The van der Waals surface area contributed by atoms with Gasteiger partial charge < -0.3 is 14.2 Å². The molecule has 6 nitrogen and oxygen atoms in total. The van der Waals surface area contributed by atoms with Crippen molar-refractivity contribution in [3.05, 3.63) is 47.6 Å². The van der Waals surface area contributed by atoms with Crippen LogP contribution in [0.5, 0.6) is 0 Å². The molecular weight excluding hydrogens is 318 g/mol. The number of hydrogen-bond acceptors (Lipinski definition) is 5. The molecule has 1 spiro atoms. The van der Waals surface area contributed by atoms with Gasteiger partial charge in [-0.25, -0.2) is 0 Å². The number of likely N-dealkylation sites (tertiary alicyclic amines) is 1. The highest BCUT2D eigenvalue weighted by molar-refractivity contribution is 5.77. The minimum Gasteiger partial charge on any atom is -0.381 e. The Balaban J connectivity index is 1.34. The maximum absolute atomic E-state index is 12.2. The summed E-state index contributed by atoms with van der Waals surface area (Å²) in [5, 5.41) is 4.06. The van der Waals surface area contributed by atoms with Gasteiger partial charge >= 0.3 is 0 Å². The number of rotatable bonds is 5. The Labute approximate surface area is 147 Å². The van der Waals surface area contributed by atoms with Crippen LogP contribution in [0.15, 0.2) is 34.9 Å². The largest absolute Gasteiger partial charge is 0.381 e. The standard InChI is InChI=1S/C19H23N3O3/c23-18-6-8-19(9-11-24-14-19)13-22(18)10-7-17-20-16(21-25-17)12-15-4-2-1-3-5-15/h1-5H,6-14H2/t19-/m0/s1. The molecular formula is C19H23N3O3. The number of carbonyl (C=O) groups excluding carboxylic acids is 1. The van der Waals surface area contributed by atoms with Crippen molar-refractivity contribution in [2.24, 2.45) is 5.41 Å². The Morgan fingerprint density at radius 1 is 1.20 bits per heavy atom. The normalized spacial score (nSPS) is 23.5. The van der Waals surface area contributed by atoms with Crippen molar-refractivity contribution >= 4 is 5.91 Å². The van der Waals surface area contributed by atoms with Crippen LogP contribution in [0.3, 0.4) is 0 Å². The third-order valence-electron chi connectivity index (χ3n) is 5.24. The van der Waals surface area contributed by atoms with Crippen LogP contribution in [0.4, 0.5) is 0 Å². The summed E-state index contributed by atoms with van der Waals surface area (Å²) in [4.78, 5) is 18.6. The summed E-state index contributed by atoms with van der Waals surface area (Å²) in [5.74, 6) is 1.51. The molecule has 1 aromatic heterocycles. The Hall–Kier alpha value is -2.21. The lowest BCUT2D eigenvalue weighted by atomic mass is 9.79. The van der Waals surface area contributed by atoms with E-state index >= 15 is 0 Å². The van der Waals surface area contributed by atoms with Crippen molar-refractivity contribution in [1.82, 2.24) is 15.0 Å². The second-order valence-electron chi connectivity index (χ2n) is 7.13. The molecule has 2 aliphatic heterocycles. The summed E-state index contributed by atoms with van der Waals surface area (Å²) < 4.78 is 10.9. The number of carbonyl (C=O) groups is 1. The lowest BCUT2D eigenvalue weighted by Gasteiger charge is -2.39. The van der Waals surface area contributed by atoms with E-state index in [-0.39, 0.29) is 11.3 Å². The highest BCUT2D eigenvalue weighted by Gasteiger charge is 2.41. The highest BCUT2D eigenvalue weighted by Crippen LogP contribution is 2.38. The first-order chi connectivity index (χ1) is 12.2. The maximum Gasteiger partial charge on any atom is 0.228 e. The zero-order valence-corrected chi connectivity index (χ0v) is 14.3. The van der Waals surface area contributed by atoms with Gasteiger partial charge in [0.05, 0.1) is 6.61 Å². The molecule has 0 saturated carbocycles. The predicted octanol–water partition coefficient (Wildman–Crippen LogP) is 2.23. The first-order valence-electron chi connectivity index (χ1n) is 8.93. The zero-order valence-electron chi connectivity index (χ0n) is 14.3. The van der Waals surface area contributed by atoms with Crippen molar-refractivity contribution in [3.8, 4) is 0 Å². The third-order valence-corrected chi connectivity index (χ3v) is 5.24. The van der Waals surface area contributed by atoms with Crippen molar-refractivity contribution in [1.29, 1.82) is 0 Å². The maximum atomic E-state index is 12.2. The number of nitrogens with zero attached hydrogens (tertiary/aromatic N) is 3. The number of amides is 1. The predicted molar refractivity (Wildman–Crippen MR) is 90.9 cm³/mol. The average Bonchev–Trinajstić information content (AvgIpc) is 3.27. The molecule has 25 heavy (non-hydrogen) atoms. The molecule has 2 saturated heterocycles. The number of ether oxygens (including phenoxy) is 1. The van der Waals surface area contributed by atoms with E-state index in [0.29, 0.717) is 37.5 Å². The number of hydrogen-bond donors (Lipinski definition) is 0. The minimum absolute atomic E-state index is 0.168. The fourth-order valence-corrected chi connectivity index (χ4v) is 3.75. The van der Waals surface area contributed by atoms with Crippen molar-refractivity contribution in [2.45, 2.75) is 32.1 Å². The Bertz CT molecular complexity index is 723. The third kappa shape index (κ3) is 3.74. The van der Waals surface area contributed by atoms with Crippen molar-refractivity contribution in [2.75, 3.05) is 26.3 Å². The van der Waals surface area contributed by atoms with Crippen molar-refractivity contribution < 1.29 is 14.1 Å². The molecule has 2 fully saturated rings. The molecule has 2 aromatic rings. The Morgan fingerprint density at radius 3 is 2.88 bits per heavy atom. The average molecular weight is 341 g/mol. The van der Waals surface area contributed by atoms with E-state index in [1.807, 2.05) is 35.2 Å². The molecule has 2 aliphatic rings. The molecule has 0 bridgehead atoms. The van der Waals surface area contributed by atoms with E-state index in [4.69, 9.17) is 9.26 Å². The van der Waals surface area contributed by atoms with E-state index in [1.165, 1.54) is 0 Å². The molecule has 0 aliphatic carbocycles. The summed E-state index contributed by atoms with van der Waals surface area (Å²) in [7, 11) is 0. The first kappa shape index (κ1) is 16.3. The van der Waals surface area contributed by atoms with Gasteiger partial charge in [-0.05, 0) is 18.4 Å². The molecule has 1 amide bonds. The van der Waals surface area contributed by atoms with Gasteiger partial charge in [0.25, 0.3) is 0 Å². The summed E-state index contributed by atoms with van der Waals surface area (Å²) in [6.45, 7) is 3.01. The SMILES string of the molecule is O=C1CC[C@]2(CCOC2)CN1CCc1nc(Cc2ccccc2)no1. The Kier molecular flexibility index (Phi) is 4.53. The van der Waals surface area contributed by atoms with Gasteiger partial charge in [0.1, 0.15) is 0 Å². The number of benzene rings is 1. The van der Waals surface area contributed by atoms with Crippen molar-refractivity contribution in [3.63, 3.8) is 0 Å². The van der Waals surface area contributed by atoms with Crippen LogP contribution in [0.25, 0.3) is 0 Å². The van der Waals surface area contributed by atoms with Crippen LogP contribution in [-0.2, 0) is 22.4 Å². The molecule has 4 rings (SSSR count). The molecule has 132 valence electrons. The van der Waals surface area contributed by atoms with E-state index in [2.05, 4.69) is 10.1 Å². The van der Waals surface area contributed by atoms with Crippen LogP contribution in [0.2, 0.25) is 0 Å². The van der Waals surface area contributed by atoms with Crippen LogP contribution in [0.1, 0.15) is 36.5 Å². The van der Waals surface area contributed by atoms with Gasteiger partial charge in [0.2, 0.25) is 11.8 Å². The molecule has 3 heterocycles. The molecule has 1 aromatic carbocycles. The van der Waals surface area contributed by atoms with Gasteiger partial charge in [-0.1, -0.05) is 35.5 Å². The smallest absolute Gasteiger partial charge is 0.228 e. The van der Waals surface area contributed by atoms with Crippen LogP contribution in [-0.4, -0.2) is 47.3 Å². The quantitative estimate of drug-likeness (QED) is 0.834. The monoisotopic (exact) mass is 341 g/mol. The zero-order chi connectivity index (χ0) is 17.1. The van der Waals surface area contributed by atoms with Gasteiger partial charge in [-0.2, -0.15) is 4.98 Å². The summed E-state index contributed by atoms with van der Waals surface area (Å²) in [5.41, 5.74) is 1.32. The lowest BCUT2D eigenvalue weighted by Crippen LogP contribution is -2.47. The van der Waals surface area contributed by atoms with Gasteiger partial charge in [-0.15, -0.1) is 0 Å². The molecule has 0 radical (unpaired) electrons. The van der Waals surface area contributed by atoms with Crippen LogP contribution in [0, 0.1) is 5.41 Å². The first-order valence-corrected chi connectivity index (χ1v) is 8.93. The van der Waals surface area contributed by atoms with Gasteiger partial charge in [0, 0.05) is 44.4 Å². The Morgan fingerprint density at radius 2 is 2.08 bits per heavy atom. The van der Waals surface area contributed by atoms with Crippen LogP contribution < -0.4 is 0 Å².